The zero-order valence-corrected chi connectivity index (χ0v) is 10.2. The number of hydrogen-bond acceptors (Lipinski definition) is 2. The van der Waals surface area contributed by atoms with Gasteiger partial charge in [-0.25, -0.2) is 10.0 Å². The molecule has 1 saturated heterocycles. The van der Waals surface area contributed by atoms with E-state index in [4.69, 9.17) is 0 Å². The maximum atomic E-state index is 2.37. The van der Waals surface area contributed by atoms with Crippen molar-refractivity contribution in [2.24, 2.45) is 11.8 Å². The molecule has 1 aliphatic heterocycles. The van der Waals surface area contributed by atoms with Gasteiger partial charge in [0.15, 0.2) is 0 Å². The van der Waals surface area contributed by atoms with Gasteiger partial charge in [-0.3, -0.25) is 0 Å². The molecule has 3 rings (SSSR count). The highest BCUT2D eigenvalue weighted by Crippen LogP contribution is 2.33. The largest absolute Gasteiger partial charge is 0.245 e. The molecule has 0 spiro atoms. The minimum absolute atomic E-state index is 0.857. The standard InChI is InChI=1S/C14H20N2/c1-15-9-13-7-11-5-3-4-6-12(11)8-14(13)10-16(15)2/h3-6,13-14H,7-10H2,1-2H3. The molecule has 2 unspecified atom stereocenters. The van der Waals surface area contributed by atoms with E-state index in [1.54, 1.807) is 11.1 Å². The van der Waals surface area contributed by atoms with Gasteiger partial charge in [-0.1, -0.05) is 24.3 Å². The van der Waals surface area contributed by atoms with Crippen molar-refractivity contribution in [3.8, 4) is 0 Å². The van der Waals surface area contributed by atoms with Crippen LogP contribution in [0, 0.1) is 11.8 Å². The van der Waals surface area contributed by atoms with Crippen LogP contribution < -0.4 is 0 Å². The molecule has 1 aliphatic carbocycles. The van der Waals surface area contributed by atoms with Crippen molar-refractivity contribution in [2.45, 2.75) is 12.8 Å². The van der Waals surface area contributed by atoms with Crippen molar-refractivity contribution in [1.82, 2.24) is 10.0 Å². The van der Waals surface area contributed by atoms with Crippen LogP contribution in [0.25, 0.3) is 0 Å². The molecular weight excluding hydrogens is 196 g/mol. The first-order valence-corrected chi connectivity index (χ1v) is 6.23. The van der Waals surface area contributed by atoms with Crippen LogP contribution in [0.3, 0.4) is 0 Å². The highest BCUT2D eigenvalue weighted by atomic mass is 15.6. The molecule has 0 saturated carbocycles. The molecule has 0 aromatic heterocycles. The molecular formula is C14H20N2. The lowest BCUT2D eigenvalue weighted by Crippen LogP contribution is -2.52. The van der Waals surface area contributed by atoms with Crippen molar-refractivity contribution in [3.63, 3.8) is 0 Å². The molecule has 1 fully saturated rings. The third-order valence-corrected chi connectivity index (χ3v) is 4.33. The van der Waals surface area contributed by atoms with Gasteiger partial charge in [0.1, 0.15) is 0 Å². The Kier molecular flexibility index (Phi) is 2.49. The van der Waals surface area contributed by atoms with E-state index >= 15 is 0 Å². The number of fused-ring (bicyclic) bond motifs is 2. The minimum atomic E-state index is 0.857. The Hall–Kier alpha value is -0.860. The van der Waals surface area contributed by atoms with Crippen LogP contribution in [-0.4, -0.2) is 37.2 Å². The van der Waals surface area contributed by atoms with E-state index in [0.29, 0.717) is 0 Å². The Morgan fingerprint density at radius 2 is 1.31 bits per heavy atom. The van der Waals surface area contributed by atoms with Gasteiger partial charge in [-0.05, 0) is 35.8 Å². The Labute approximate surface area is 97.8 Å². The molecule has 0 radical (unpaired) electrons. The molecule has 1 aromatic rings. The fraction of sp³-hybridized carbons (Fsp3) is 0.571. The maximum Gasteiger partial charge on any atom is 0.0164 e. The Morgan fingerprint density at radius 3 is 1.75 bits per heavy atom. The van der Waals surface area contributed by atoms with E-state index < -0.39 is 0 Å². The summed E-state index contributed by atoms with van der Waals surface area (Å²) in [5.41, 5.74) is 3.17. The van der Waals surface area contributed by atoms with Gasteiger partial charge in [0.25, 0.3) is 0 Å². The highest BCUT2D eigenvalue weighted by molar-refractivity contribution is 5.30. The van der Waals surface area contributed by atoms with Crippen LogP contribution in [0.1, 0.15) is 11.1 Å². The van der Waals surface area contributed by atoms with Crippen LogP contribution >= 0.6 is 0 Å². The highest BCUT2D eigenvalue weighted by Gasteiger charge is 2.34. The zero-order chi connectivity index (χ0) is 11.1. The van der Waals surface area contributed by atoms with Gasteiger partial charge in [-0.15, -0.1) is 0 Å². The second-order valence-corrected chi connectivity index (χ2v) is 5.38. The second kappa shape index (κ2) is 3.86. The molecule has 2 heteroatoms. The van der Waals surface area contributed by atoms with Gasteiger partial charge in [-0.2, -0.15) is 0 Å². The Bertz CT molecular complexity index is 351. The fourth-order valence-electron chi connectivity index (χ4n) is 3.24. The first kappa shape index (κ1) is 10.3. The molecule has 16 heavy (non-hydrogen) atoms. The number of hydrazine groups is 1. The topological polar surface area (TPSA) is 6.48 Å². The lowest BCUT2D eigenvalue weighted by molar-refractivity contribution is -0.0586. The Morgan fingerprint density at radius 1 is 0.875 bits per heavy atom. The smallest absolute Gasteiger partial charge is 0.0164 e. The number of benzene rings is 1. The summed E-state index contributed by atoms with van der Waals surface area (Å²) in [7, 11) is 4.41. The van der Waals surface area contributed by atoms with Crippen molar-refractivity contribution < 1.29 is 0 Å². The van der Waals surface area contributed by atoms with Crippen molar-refractivity contribution in [2.75, 3.05) is 27.2 Å². The van der Waals surface area contributed by atoms with Gasteiger partial charge >= 0.3 is 0 Å². The molecule has 0 bridgehead atoms. The molecule has 86 valence electrons. The van der Waals surface area contributed by atoms with E-state index in [9.17, 15) is 0 Å². The fourth-order valence-corrected chi connectivity index (χ4v) is 3.24. The summed E-state index contributed by atoms with van der Waals surface area (Å²) in [4.78, 5) is 0. The normalized spacial score (nSPS) is 30.9. The maximum absolute atomic E-state index is 2.37. The summed E-state index contributed by atoms with van der Waals surface area (Å²) in [6.45, 7) is 2.44. The Balaban J connectivity index is 1.86. The molecule has 1 heterocycles. The first-order valence-electron chi connectivity index (χ1n) is 6.23. The summed E-state index contributed by atoms with van der Waals surface area (Å²) in [6.07, 6.45) is 2.55. The molecule has 2 atom stereocenters. The zero-order valence-electron chi connectivity index (χ0n) is 10.2. The monoisotopic (exact) mass is 216 g/mol. The predicted molar refractivity (Wildman–Crippen MR) is 66.1 cm³/mol. The van der Waals surface area contributed by atoms with Crippen molar-refractivity contribution >= 4 is 0 Å². The molecule has 0 N–H and O–H groups in total. The van der Waals surface area contributed by atoms with E-state index in [1.165, 1.54) is 25.9 Å². The van der Waals surface area contributed by atoms with Crippen LogP contribution in [0.2, 0.25) is 0 Å². The van der Waals surface area contributed by atoms with E-state index in [0.717, 1.165) is 11.8 Å². The SMILES string of the molecule is CN1CC2Cc3ccccc3CC2CN1C. The molecule has 1 aromatic carbocycles. The van der Waals surface area contributed by atoms with Crippen LogP contribution in [0.4, 0.5) is 0 Å². The molecule has 2 nitrogen and oxygen atoms in total. The van der Waals surface area contributed by atoms with Crippen LogP contribution in [-0.2, 0) is 12.8 Å². The van der Waals surface area contributed by atoms with Crippen LogP contribution in [0.5, 0.6) is 0 Å². The van der Waals surface area contributed by atoms with Gasteiger partial charge in [0.05, 0.1) is 0 Å². The van der Waals surface area contributed by atoms with Crippen molar-refractivity contribution in [1.29, 1.82) is 0 Å². The van der Waals surface area contributed by atoms with E-state index in [2.05, 4.69) is 48.4 Å². The number of nitrogens with zero attached hydrogens (tertiary/aromatic N) is 2. The lowest BCUT2D eigenvalue weighted by atomic mass is 9.75. The third kappa shape index (κ3) is 1.66. The van der Waals surface area contributed by atoms with Gasteiger partial charge < -0.3 is 0 Å². The lowest BCUT2D eigenvalue weighted by Gasteiger charge is -2.45. The van der Waals surface area contributed by atoms with E-state index in [1.807, 2.05) is 0 Å². The average molecular weight is 216 g/mol. The van der Waals surface area contributed by atoms with Crippen LogP contribution in [0.15, 0.2) is 24.3 Å². The molecule has 0 amide bonds. The van der Waals surface area contributed by atoms with Gasteiger partial charge in [0, 0.05) is 27.2 Å². The summed E-state index contributed by atoms with van der Waals surface area (Å²) < 4.78 is 0. The van der Waals surface area contributed by atoms with Crippen molar-refractivity contribution in [3.05, 3.63) is 35.4 Å². The van der Waals surface area contributed by atoms with E-state index in [-0.39, 0.29) is 0 Å². The number of hydrogen-bond donors (Lipinski definition) is 0. The summed E-state index contributed by atoms with van der Waals surface area (Å²) in [6, 6.07) is 8.98. The molecule has 2 aliphatic rings. The minimum Gasteiger partial charge on any atom is -0.245 e. The summed E-state index contributed by atoms with van der Waals surface area (Å²) in [5.74, 6) is 1.71. The van der Waals surface area contributed by atoms with Gasteiger partial charge in [0.2, 0.25) is 0 Å². The third-order valence-electron chi connectivity index (χ3n) is 4.33. The summed E-state index contributed by atoms with van der Waals surface area (Å²) >= 11 is 0. The second-order valence-electron chi connectivity index (χ2n) is 5.38. The quantitative estimate of drug-likeness (QED) is 0.652. The summed E-state index contributed by atoms with van der Waals surface area (Å²) in [5, 5.41) is 4.74. The first-order chi connectivity index (χ1) is 7.74. The predicted octanol–water partition coefficient (Wildman–Crippen LogP) is 1.81. The number of rotatable bonds is 0. The average Bonchev–Trinajstić information content (AvgIpc) is 2.28.